The van der Waals surface area contributed by atoms with E-state index in [1.807, 2.05) is 36.4 Å². The monoisotopic (exact) mass is 362 g/mol. The molecule has 2 aliphatic rings. The van der Waals surface area contributed by atoms with Crippen LogP contribution < -0.4 is 0 Å². The fraction of sp³-hybridized carbons (Fsp3) is 0.429. The standard InChI is InChI=1S/C8H8.C6H12O.C4H2O3.C3H8O/c1-2-8-6-4-3-5-7-8;7-6-4-2-1-3-5-6;5-3-1-2-4(6)7-3;1-3(2)4/h2-7H,1H2;6-7H,1-5H2;1-2H;3-4H,1-2H3. The van der Waals surface area contributed by atoms with Crippen molar-refractivity contribution in [2.24, 2.45) is 0 Å². The van der Waals surface area contributed by atoms with Crippen LogP contribution in [0.2, 0.25) is 0 Å². The second-order valence-electron chi connectivity index (χ2n) is 6.07. The van der Waals surface area contributed by atoms with Gasteiger partial charge in [-0.15, -0.1) is 0 Å². The second-order valence-corrected chi connectivity index (χ2v) is 6.07. The zero-order valence-corrected chi connectivity index (χ0v) is 15.6. The molecule has 0 radical (unpaired) electrons. The van der Waals surface area contributed by atoms with E-state index < -0.39 is 11.9 Å². The van der Waals surface area contributed by atoms with Crippen molar-refractivity contribution < 1.29 is 24.5 Å². The van der Waals surface area contributed by atoms with Gasteiger partial charge >= 0.3 is 11.9 Å². The van der Waals surface area contributed by atoms with Gasteiger partial charge < -0.3 is 14.9 Å². The number of benzene rings is 1. The summed E-state index contributed by atoms with van der Waals surface area (Å²) in [7, 11) is 0. The van der Waals surface area contributed by atoms with Gasteiger partial charge in [0.25, 0.3) is 0 Å². The summed E-state index contributed by atoms with van der Waals surface area (Å²) in [6.07, 6.45) is 9.76. The predicted octanol–water partition coefficient (Wildman–Crippen LogP) is 3.65. The number of ether oxygens (including phenoxy) is 1. The Hall–Kier alpha value is -2.24. The van der Waals surface area contributed by atoms with Crippen LogP contribution in [0, 0.1) is 0 Å². The lowest BCUT2D eigenvalue weighted by molar-refractivity contribution is -0.150. The molecule has 0 bridgehead atoms. The number of carbonyl (C=O) groups excluding carboxylic acids is 2. The highest BCUT2D eigenvalue weighted by molar-refractivity contribution is 6.04. The summed E-state index contributed by atoms with van der Waals surface area (Å²) < 4.78 is 3.97. The third-order valence-electron chi connectivity index (χ3n) is 3.17. The number of aliphatic hydroxyl groups is 2. The minimum atomic E-state index is -0.579. The number of cyclic esters (lactones) is 2. The van der Waals surface area contributed by atoms with E-state index in [-0.39, 0.29) is 12.2 Å². The van der Waals surface area contributed by atoms with Gasteiger partial charge in [0.1, 0.15) is 0 Å². The van der Waals surface area contributed by atoms with Crippen LogP contribution in [0.1, 0.15) is 51.5 Å². The van der Waals surface area contributed by atoms with Gasteiger partial charge in [-0.05, 0) is 32.3 Å². The fourth-order valence-electron chi connectivity index (χ4n) is 1.97. The van der Waals surface area contributed by atoms with Gasteiger partial charge in [0.15, 0.2) is 0 Å². The first-order valence-corrected chi connectivity index (χ1v) is 8.82. The fourth-order valence-corrected chi connectivity index (χ4v) is 1.97. The molecule has 0 spiro atoms. The highest BCUT2D eigenvalue weighted by Crippen LogP contribution is 2.16. The van der Waals surface area contributed by atoms with Gasteiger partial charge in [0.2, 0.25) is 0 Å². The summed E-state index contributed by atoms with van der Waals surface area (Å²) >= 11 is 0. The van der Waals surface area contributed by atoms with Crippen molar-refractivity contribution in [2.75, 3.05) is 0 Å². The molecule has 0 aromatic heterocycles. The van der Waals surface area contributed by atoms with Gasteiger partial charge in [-0.25, -0.2) is 9.59 Å². The summed E-state index contributed by atoms with van der Waals surface area (Å²) in [4.78, 5) is 19.8. The molecule has 0 amide bonds. The Morgan fingerprint density at radius 1 is 1.04 bits per heavy atom. The average molecular weight is 362 g/mol. The molecule has 1 aliphatic heterocycles. The van der Waals surface area contributed by atoms with Gasteiger partial charge in [-0.3, -0.25) is 0 Å². The Kier molecular flexibility index (Phi) is 13.8. The van der Waals surface area contributed by atoms with Crippen LogP contribution in [0.15, 0.2) is 49.1 Å². The van der Waals surface area contributed by atoms with Crippen molar-refractivity contribution in [3.05, 3.63) is 54.6 Å². The van der Waals surface area contributed by atoms with E-state index in [1.54, 1.807) is 13.8 Å². The normalized spacial score (nSPS) is 15.6. The summed E-state index contributed by atoms with van der Waals surface area (Å²) in [5.74, 6) is -1.16. The van der Waals surface area contributed by atoms with Crippen molar-refractivity contribution in [2.45, 2.75) is 58.2 Å². The molecule has 2 N–H and O–H groups in total. The van der Waals surface area contributed by atoms with E-state index >= 15 is 0 Å². The largest absolute Gasteiger partial charge is 0.394 e. The summed E-state index contributed by atoms with van der Waals surface area (Å²) in [6, 6.07) is 10.0. The maximum Gasteiger partial charge on any atom is 0.338 e. The van der Waals surface area contributed by atoms with Crippen molar-refractivity contribution in [1.29, 1.82) is 0 Å². The number of hydrogen-bond donors (Lipinski definition) is 2. The minimum absolute atomic E-state index is 0.0359. The Morgan fingerprint density at radius 3 is 1.73 bits per heavy atom. The lowest BCUT2D eigenvalue weighted by atomic mass is 9.98. The first-order chi connectivity index (χ1) is 12.3. The van der Waals surface area contributed by atoms with Crippen molar-refractivity contribution >= 4 is 18.0 Å². The van der Waals surface area contributed by atoms with Crippen LogP contribution in [0.25, 0.3) is 6.08 Å². The van der Waals surface area contributed by atoms with Crippen LogP contribution in [0.3, 0.4) is 0 Å². The molecule has 26 heavy (non-hydrogen) atoms. The molecule has 1 aromatic carbocycles. The number of carbonyl (C=O) groups is 2. The topological polar surface area (TPSA) is 83.8 Å². The highest BCUT2D eigenvalue weighted by Gasteiger charge is 2.10. The van der Waals surface area contributed by atoms with E-state index in [4.69, 9.17) is 10.2 Å². The summed E-state index contributed by atoms with van der Waals surface area (Å²) in [6.45, 7) is 7.08. The predicted molar refractivity (Wildman–Crippen MR) is 103 cm³/mol. The van der Waals surface area contributed by atoms with E-state index in [9.17, 15) is 9.59 Å². The minimum Gasteiger partial charge on any atom is -0.394 e. The Morgan fingerprint density at radius 2 is 1.50 bits per heavy atom. The van der Waals surface area contributed by atoms with Crippen molar-refractivity contribution in [3.8, 4) is 0 Å². The van der Waals surface area contributed by atoms with E-state index in [0.29, 0.717) is 0 Å². The van der Waals surface area contributed by atoms with Crippen LogP contribution in [-0.4, -0.2) is 34.4 Å². The first-order valence-electron chi connectivity index (χ1n) is 8.82. The summed E-state index contributed by atoms with van der Waals surface area (Å²) in [5, 5.41) is 17.0. The zero-order valence-electron chi connectivity index (χ0n) is 15.6. The van der Waals surface area contributed by atoms with Crippen LogP contribution in [0.4, 0.5) is 0 Å². The number of aliphatic hydroxyl groups excluding tert-OH is 2. The van der Waals surface area contributed by atoms with Gasteiger partial charge in [0.05, 0.1) is 6.10 Å². The molecule has 5 heteroatoms. The van der Waals surface area contributed by atoms with Gasteiger partial charge in [0, 0.05) is 18.3 Å². The lowest BCUT2D eigenvalue weighted by Crippen LogP contribution is -2.09. The number of rotatable bonds is 1. The molecule has 1 aromatic rings. The molecule has 3 rings (SSSR count). The SMILES string of the molecule is C=Cc1ccccc1.CC(C)O.O=C1C=CC(=O)O1.OC1CCCCC1. The van der Waals surface area contributed by atoms with Crippen LogP contribution >= 0.6 is 0 Å². The van der Waals surface area contributed by atoms with Crippen molar-refractivity contribution in [3.63, 3.8) is 0 Å². The molecule has 0 unspecified atom stereocenters. The van der Waals surface area contributed by atoms with E-state index in [0.717, 1.165) is 25.0 Å². The Balaban J connectivity index is 0.000000329. The number of esters is 2. The van der Waals surface area contributed by atoms with Crippen LogP contribution in [0.5, 0.6) is 0 Å². The molecule has 144 valence electrons. The third-order valence-corrected chi connectivity index (χ3v) is 3.17. The molecule has 0 saturated heterocycles. The maximum atomic E-state index is 9.92. The van der Waals surface area contributed by atoms with E-state index in [2.05, 4.69) is 11.3 Å². The zero-order chi connectivity index (χ0) is 19.8. The number of hydrogen-bond acceptors (Lipinski definition) is 5. The first kappa shape index (κ1) is 23.8. The Bertz CT molecular complexity index is 524. The molecular weight excluding hydrogens is 332 g/mol. The molecule has 5 nitrogen and oxygen atoms in total. The molecule has 0 atom stereocenters. The van der Waals surface area contributed by atoms with Crippen molar-refractivity contribution in [1.82, 2.24) is 0 Å². The summed E-state index contributed by atoms with van der Waals surface area (Å²) in [5.41, 5.74) is 1.17. The lowest BCUT2D eigenvalue weighted by Gasteiger charge is -2.14. The Labute approximate surface area is 156 Å². The molecule has 1 fully saturated rings. The van der Waals surface area contributed by atoms with Crippen LogP contribution in [-0.2, 0) is 14.3 Å². The third kappa shape index (κ3) is 15.3. The van der Waals surface area contributed by atoms with Gasteiger partial charge in [-0.1, -0.05) is 62.2 Å². The van der Waals surface area contributed by atoms with E-state index in [1.165, 1.54) is 24.8 Å². The molecule has 1 saturated carbocycles. The molecule has 1 aliphatic carbocycles. The average Bonchev–Trinajstić information content (AvgIpc) is 3.00. The molecular formula is C21H30O5. The molecule has 1 heterocycles. The quantitative estimate of drug-likeness (QED) is 0.588. The smallest absolute Gasteiger partial charge is 0.338 e. The maximum absolute atomic E-state index is 9.92. The second kappa shape index (κ2) is 15.0. The highest BCUT2D eigenvalue weighted by atomic mass is 16.6. The van der Waals surface area contributed by atoms with Gasteiger partial charge in [-0.2, -0.15) is 0 Å².